The van der Waals surface area contributed by atoms with E-state index in [9.17, 15) is 19.1 Å². The van der Waals surface area contributed by atoms with E-state index >= 15 is 0 Å². The lowest BCUT2D eigenvalue weighted by Gasteiger charge is -2.47. The number of benzene rings is 2. The number of amides is 1. The molecule has 7 nitrogen and oxygen atoms in total. The average molecular weight is 464 g/mol. The fourth-order valence-corrected chi connectivity index (χ4v) is 5.17. The van der Waals surface area contributed by atoms with Crippen LogP contribution in [-0.4, -0.2) is 45.1 Å². The van der Waals surface area contributed by atoms with Crippen LogP contribution in [0.15, 0.2) is 71.5 Å². The summed E-state index contributed by atoms with van der Waals surface area (Å²) >= 11 is 0. The lowest BCUT2D eigenvalue weighted by molar-refractivity contribution is -0.122. The zero-order chi connectivity index (χ0) is 24.2. The smallest absolute Gasteiger partial charge is 0.290 e. The van der Waals surface area contributed by atoms with Crippen LogP contribution in [0.25, 0.3) is 0 Å². The molecule has 2 aromatic carbocycles. The molecule has 0 aliphatic carbocycles. The first-order chi connectivity index (χ1) is 16.4. The van der Waals surface area contributed by atoms with Gasteiger partial charge in [0.05, 0.1) is 5.56 Å². The van der Waals surface area contributed by atoms with Gasteiger partial charge in [0.2, 0.25) is 0 Å². The van der Waals surface area contributed by atoms with Gasteiger partial charge in [0.25, 0.3) is 17.9 Å². The van der Waals surface area contributed by atoms with E-state index in [0.29, 0.717) is 19.5 Å². The molecule has 8 heteroatoms. The number of hydrogen-bond donors (Lipinski definition) is 2. The highest BCUT2D eigenvalue weighted by Gasteiger charge is 2.42. The zero-order valence-corrected chi connectivity index (χ0v) is 18.4. The molecule has 0 radical (unpaired) electrons. The van der Waals surface area contributed by atoms with Gasteiger partial charge in [-0.2, -0.15) is 0 Å². The zero-order valence-electron chi connectivity index (χ0n) is 18.4. The van der Waals surface area contributed by atoms with Crippen molar-refractivity contribution in [2.45, 2.75) is 24.8 Å². The Morgan fingerprint density at radius 1 is 1.06 bits per heavy atom. The van der Waals surface area contributed by atoms with Gasteiger partial charge >= 0.3 is 0 Å². The van der Waals surface area contributed by atoms with Crippen molar-refractivity contribution >= 4 is 12.4 Å². The van der Waals surface area contributed by atoms with Crippen molar-refractivity contribution in [1.29, 1.82) is 0 Å². The van der Waals surface area contributed by atoms with Crippen molar-refractivity contribution in [2.75, 3.05) is 13.1 Å². The summed E-state index contributed by atoms with van der Waals surface area (Å²) in [6.45, 7) is 0.658. The number of nitrogens with zero attached hydrogens (tertiary/aromatic N) is 2. The number of likely N-dealkylation sites (tertiary alicyclic amines) is 1. The second-order valence-electron chi connectivity index (χ2n) is 8.59. The van der Waals surface area contributed by atoms with Gasteiger partial charge in [-0.25, -0.2) is 4.39 Å². The Hall–Kier alpha value is -3.94. The van der Waals surface area contributed by atoms with Gasteiger partial charge < -0.3 is 19.7 Å². The van der Waals surface area contributed by atoms with E-state index in [1.54, 1.807) is 17.0 Å². The van der Waals surface area contributed by atoms with Crippen LogP contribution in [0.1, 0.15) is 40.0 Å². The van der Waals surface area contributed by atoms with E-state index < -0.39 is 5.82 Å². The molecular formula is C26H25FN2O5. The number of carbonyl (C=O) groups excluding carboxylic acids is 1. The predicted octanol–water partition coefficient (Wildman–Crippen LogP) is 3.44. The minimum Gasteiger partial charge on any atom is -0.508 e. The normalized spacial score (nSPS) is 20.5. The number of hydrogen-bond acceptors (Lipinski definition) is 4. The van der Waals surface area contributed by atoms with Gasteiger partial charge in [0.15, 0.2) is 0 Å². The van der Waals surface area contributed by atoms with Crippen molar-refractivity contribution in [3.8, 4) is 5.75 Å². The van der Waals surface area contributed by atoms with E-state index in [2.05, 4.69) is 12.1 Å². The lowest BCUT2D eigenvalue weighted by atomic mass is 9.76. The van der Waals surface area contributed by atoms with Crippen molar-refractivity contribution in [1.82, 2.24) is 9.47 Å². The van der Waals surface area contributed by atoms with Crippen molar-refractivity contribution in [2.24, 2.45) is 5.92 Å². The van der Waals surface area contributed by atoms with Gasteiger partial charge in [-0.05, 0) is 42.5 Å². The van der Waals surface area contributed by atoms with E-state index in [4.69, 9.17) is 9.90 Å². The maximum absolute atomic E-state index is 14.3. The quantitative estimate of drug-likeness (QED) is 0.579. The number of rotatable bonds is 3. The Morgan fingerprint density at radius 2 is 1.79 bits per heavy atom. The first-order valence-electron chi connectivity index (χ1n) is 11.0. The molecule has 2 bridgehead atoms. The highest BCUT2D eigenvalue weighted by Crippen LogP contribution is 2.42. The third kappa shape index (κ3) is 4.57. The first kappa shape index (κ1) is 23.2. The fourth-order valence-electron chi connectivity index (χ4n) is 5.17. The molecule has 1 fully saturated rings. The fraction of sp³-hybridized carbons (Fsp3) is 0.269. The molecule has 0 unspecified atom stereocenters. The third-order valence-corrected chi connectivity index (χ3v) is 6.56. The van der Waals surface area contributed by atoms with Gasteiger partial charge in [-0.1, -0.05) is 36.4 Å². The first-order valence-corrected chi connectivity index (χ1v) is 11.0. The average Bonchev–Trinajstić information content (AvgIpc) is 2.82. The number of halogens is 1. The van der Waals surface area contributed by atoms with E-state index in [0.717, 1.165) is 23.7 Å². The summed E-state index contributed by atoms with van der Waals surface area (Å²) in [6, 6.07) is 18.9. The van der Waals surface area contributed by atoms with Crippen molar-refractivity contribution < 1.29 is 24.2 Å². The molecule has 1 amide bonds. The van der Waals surface area contributed by atoms with Gasteiger partial charge in [0.1, 0.15) is 11.6 Å². The molecular weight excluding hydrogens is 439 g/mol. The molecule has 2 aliphatic heterocycles. The molecule has 3 atom stereocenters. The van der Waals surface area contributed by atoms with Crippen LogP contribution in [0, 0.1) is 11.7 Å². The molecule has 2 N–H and O–H groups in total. The van der Waals surface area contributed by atoms with Gasteiger partial charge in [0, 0.05) is 42.9 Å². The van der Waals surface area contributed by atoms with Crippen molar-refractivity contribution in [3.05, 3.63) is 99.7 Å². The van der Waals surface area contributed by atoms with Crippen LogP contribution < -0.4 is 5.56 Å². The van der Waals surface area contributed by atoms with E-state index in [-0.39, 0.29) is 47.1 Å². The monoisotopic (exact) mass is 464 g/mol. The number of aromatic nitrogens is 1. The summed E-state index contributed by atoms with van der Waals surface area (Å²) < 4.78 is 16.3. The Balaban J connectivity index is 0.000000868. The number of pyridine rings is 1. The highest BCUT2D eigenvalue weighted by atomic mass is 19.1. The van der Waals surface area contributed by atoms with Crippen LogP contribution in [0.2, 0.25) is 0 Å². The van der Waals surface area contributed by atoms with E-state index in [1.807, 2.05) is 28.8 Å². The molecule has 5 rings (SSSR count). The number of phenols is 1. The molecule has 34 heavy (non-hydrogen) atoms. The Kier molecular flexibility index (Phi) is 6.77. The summed E-state index contributed by atoms with van der Waals surface area (Å²) in [5.74, 6) is -1.18. The van der Waals surface area contributed by atoms with Gasteiger partial charge in [-0.15, -0.1) is 0 Å². The van der Waals surface area contributed by atoms with Crippen molar-refractivity contribution in [3.63, 3.8) is 0 Å². The molecule has 0 saturated carbocycles. The van der Waals surface area contributed by atoms with Gasteiger partial charge in [-0.3, -0.25) is 14.4 Å². The van der Waals surface area contributed by atoms with Crippen LogP contribution >= 0.6 is 0 Å². The summed E-state index contributed by atoms with van der Waals surface area (Å²) in [5.41, 5.74) is 2.02. The van der Waals surface area contributed by atoms with E-state index in [1.165, 1.54) is 12.1 Å². The number of aromatic hydroxyl groups is 1. The number of carbonyl (C=O) groups is 2. The minimum atomic E-state index is -0.724. The summed E-state index contributed by atoms with van der Waals surface area (Å²) in [6.07, 6.45) is 1.59. The number of carboxylic acid groups (broad SMARTS) is 1. The molecule has 2 aliphatic rings. The second kappa shape index (κ2) is 9.91. The summed E-state index contributed by atoms with van der Waals surface area (Å²) in [4.78, 5) is 36.0. The molecule has 3 heterocycles. The SMILES string of the molecule is O=C(c1ccc(O)cc1F)N1C[C@H]2C[C@@H](C1)[C@H](Cc1ccccc1)n1c2cccc1=O.O=CO. The maximum Gasteiger partial charge on any atom is 0.290 e. The summed E-state index contributed by atoms with van der Waals surface area (Å²) in [7, 11) is 0. The third-order valence-electron chi connectivity index (χ3n) is 6.56. The largest absolute Gasteiger partial charge is 0.508 e. The predicted molar refractivity (Wildman–Crippen MR) is 123 cm³/mol. The molecule has 1 aromatic heterocycles. The molecule has 3 aromatic rings. The van der Waals surface area contributed by atoms with Crippen LogP contribution in [-0.2, 0) is 11.2 Å². The molecule has 176 valence electrons. The number of phenolic OH excluding ortho intramolecular Hbond substituents is 1. The summed E-state index contributed by atoms with van der Waals surface area (Å²) in [5, 5.41) is 16.4. The van der Waals surface area contributed by atoms with Crippen LogP contribution in [0.3, 0.4) is 0 Å². The number of fused-ring (bicyclic) bond motifs is 4. The van der Waals surface area contributed by atoms with Crippen LogP contribution in [0.4, 0.5) is 4.39 Å². The number of piperidine rings is 1. The lowest BCUT2D eigenvalue weighted by Crippen LogP contribution is -2.51. The Bertz CT molecular complexity index is 1240. The minimum absolute atomic E-state index is 0.0162. The second-order valence-corrected chi connectivity index (χ2v) is 8.59. The maximum atomic E-state index is 14.3. The topological polar surface area (TPSA) is 99.8 Å². The Morgan fingerprint density at radius 3 is 2.50 bits per heavy atom. The standard InChI is InChI=1S/C25H23FN2O3.CH2O2/c26-21-13-19(29)9-10-20(21)25(31)27-14-17-12-18(15-27)23(11-16-5-2-1-3-6-16)28-22(17)7-4-8-24(28)30;2-1-3/h1-10,13,17-18,23,29H,11-12,14-15H2;1H,(H,2,3)/t17-,18+,23+;/m1./s1. The van der Waals surface area contributed by atoms with Crippen LogP contribution in [0.5, 0.6) is 5.75 Å². The molecule has 1 saturated heterocycles. The Labute approximate surface area is 195 Å². The highest BCUT2D eigenvalue weighted by molar-refractivity contribution is 5.94. The molecule has 0 spiro atoms.